The van der Waals surface area contributed by atoms with Gasteiger partial charge in [0.1, 0.15) is 0 Å². The predicted molar refractivity (Wildman–Crippen MR) is 134 cm³/mol. The van der Waals surface area contributed by atoms with E-state index < -0.39 is 0 Å². The monoisotopic (exact) mass is 484 g/mol. The molecular formula is C28H52O6. The molecule has 1 saturated heterocycles. The Labute approximate surface area is 208 Å². The van der Waals surface area contributed by atoms with Crippen LogP contribution in [0.4, 0.5) is 0 Å². The summed E-state index contributed by atoms with van der Waals surface area (Å²) in [4.78, 5) is 0. The van der Waals surface area contributed by atoms with Crippen LogP contribution in [0.15, 0.2) is 0 Å². The van der Waals surface area contributed by atoms with Gasteiger partial charge in [0.05, 0.1) is 77.3 Å². The molecule has 200 valence electrons. The summed E-state index contributed by atoms with van der Waals surface area (Å²) >= 11 is 0. The van der Waals surface area contributed by atoms with Crippen molar-refractivity contribution < 1.29 is 28.4 Å². The highest BCUT2D eigenvalue weighted by Gasteiger charge is 2.38. The molecule has 0 N–H and O–H groups in total. The molecular weight excluding hydrogens is 432 g/mol. The molecule has 6 atom stereocenters. The summed E-state index contributed by atoms with van der Waals surface area (Å²) < 4.78 is 36.8. The third kappa shape index (κ3) is 9.01. The third-order valence-electron chi connectivity index (χ3n) is 8.15. The minimum atomic E-state index is 0.124. The van der Waals surface area contributed by atoms with Crippen LogP contribution in [0.2, 0.25) is 0 Å². The van der Waals surface area contributed by atoms with E-state index in [-0.39, 0.29) is 24.4 Å². The van der Waals surface area contributed by atoms with E-state index in [1.165, 1.54) is 12.8 Å². The summed E-state index contributed by atoms with van der Waals surface area (Å²) in [7, 11) is 0. The minimum Gasteiger partial charge on any atom is -0.377 e. The summed E-state index contributed by atoms with van der Waals surface area (Å²) in [6.45, 7) is 18.8. The lowest BCUT2D eigenvalue weighted by molar-refractivity contribution is -0.142. The Bertz CT molecular complexity index is 518. The molecule has 0 aromatic carbocycles. The van der Waals surface area contributed by atoms with Crippen LogP contribution < -0.4 is 0 Å². The summed E-state index contributed by atoms with van der Waals surface area (Å²) in [6, 6.07) is 0. The van der Waals surface area contributed by atoms with Gasteiger partial charge >= 0.3 is 0 Å². The van der Waals surface area contributed by atoms with Gasteiger partial charge in [-0.25, -0.2) is 0 Å². The Morgan fingerprint density at radius 2 is 0.735 bits per heavy atom. The van der Waals surface area contributed by atoms with Gasteiger partial charge in [-0.2, -0.15) is 0 Å². The van der Waals surface area contributed by atoms with Crippen molar-refractivity contribution in [3.05, 3.63) is 0 Å². The maximum atomic E-state index is 6.29. The van der Waals surface area contributed by atoms with Crippen molar-refractivity contribution in [1.29, 1.82) is 0 Å². The van der Waals surface area contributed by atoms with Gasteiger partial charge in [-0.15, -0.1) is 0 Å². The topological polar surface area (TPSA) is 55.4 Å². The maximum absolute atomic E-state index is 6.29. The highest BCUT2D eigenvalue weighted by Crippen LogP contribution is 2.41. The normalized spacial score (nSPS) is 36.5. The van der Waals surface area contributed by atoms with Gasteiger partial charge in [0.2, 0.25) is 0 Å². The van der Waals surface area contributed by atoms with Gasteiger partial charge in [-0.1, -0.05) is 41.5 Å². The number of hydrogen-bond acceptors (Lipinski definition) is 6. The van der Waals surface area contributed by atoms with E-state index in [0.717, 1.165) is 25.7 Å². The molecule has 0 amide bonds. The summed E-state index contributed by atoms with van der Waals surface area (Å²) in [5.74, 6) is 1.30. The van der Waals surface area contributed by atoms with Crippen LogP contribution in [0.3, 0.4) is 0 Å². The van der Waals surface area contributed by atoms with Crippen molar-refractivity contribution in [2.24, 2.45) is 22.7 Å². The summed E-state index contributed by atoms with van der Waals surface area (Å²) in [5.41, 5.74) is 0.586. The molecule has 3 fully saturated rings. The molecule has 3 aliphatic rings. The first-order valence-electron chi connectivity index (χ1n) is 13.8. The first kappa shape index (κ1) is 28.3. The van der Waals surface area contributed by atoms with Crippen molar-refractivity contribution in [3.63, 3.8) is 0 Å². The maximum Gasteiger partial charge on any atom is 0.0840 e. The molecule has 0 aromatic heterocycles. The predicted octanol–water partition coefficient (Wildman–Crippen LogP) is 5.27. The molecule has 0 aromatic rings. The van der Waals surface area contributed by atoms with Gasteiger partial charge in [0, 0.05) is 0 Å². The number of rotatable bonds is 0. The lowest BCUT2D eigenvalue weighted by Crippen LogP contribution is -2.43. The number of hydrogen-bond donors (Lipinski definition) is 0. The Hall–Kier alpha value is -0.240. The molecule has 2 aliphatic carbocycles. The highest BCUT2D eigenvalue weighted by molar-refractivity contribution is 4.88. The van der Waals surface area contributed by atoms with Crippen LogP contribution >= 0.6 is 0 Å². The fraction of sp³-hybridized carbons (Fsp3) is 1.00. The summed E-state index contributed by atoms with van der Waals surface area (Å²) in [5, 5.41) is 0. The quantitative estimate of drug-likeness (QED) is 0.467. The van der Waals surface area contributed by atoms with Crippen LogP contribution in [-0.4, -0.2) is 77.3 Å². The van der Waals surface area contributed by atoms with Crippen LogP contribution in [-0.2, 0) is 28.4 Å². The van der Waals surface area contributed by atoms with Crippen LogP contribution in [0, 0.1) is 22.7 Å². The molecule has 6 nitrogen and oxygen atoms in total. The molecule has 0 bridgehead atoms. The van der Waals surface area contributed by atoms with E-state index >= 15 is 0 Å². The Morgan fingerprint density at radius 1 is 0.412 bits per heavy atom. The molecule has 2 saturated carbocycles. The van der Waals surface area contributed by atoms with E-state index in [4.69, 9.17) is 28.4 Å². The first-order chi connectivity index (χ1) is 16.1. The van der Waals surface area contributed by atoms with Crippen molar-refractivity contribution in [3.8, 4) is 0 Å². The lowest BCUT2D eigenvalue weighted by Gasteiger charge is -2.41. The van der Waals surface area contributed by atoms with Gasteiger partial charge in [0.25, 0.3) is 0 Å². The van der Waals surface area contributed by atoms with Crippen molar-refractivity contribution in [2.45, 2.75) is 104 Å². The highest BCUT2D eigenvalue weighted by atomic mass is 16.6. The number of fused-ring (bicyclic) bond motifs is 2. The van der Waals surface area contributed by atoms with E-state index in [1.807, 2.05) is 0 Å². The van der Waals surface area contributed by atoms with E-state index in [9.17, 15) is 0 Å². The zero-order chi connectivity index (χ0) is 24.6. The molecule has 1 heterocycles. The molecule has 0 unspecified atom stereocenters. The molecule has 0 spiro atoms. The molecule has 0 radical (unpaired) electrons. The lowest BCUT2D eigenvalue weighted by atomic mass is 9.71. The number of ether oxygens (including phenoxy) is 6. The molecule has 34 heavy (non-hydrogen) atoms. The van der Waals surface area contributed by atoms with Crippen molar-refractivity contribution in [1.82, 2.24) is 0 Å². The molecule has 1 aliphatic heterocycles. The second kappa shape index (κ2) is 13.3. The van der Waals surface area contributed by atoms with E-state index in [2.05, 4.69) is 41.5 Å². The van der Waals surface area contributed by atoms with Gasteiger partial charge in [-0.05, 0) is 61.2 Å². The largest absolute Gasteiger partial charge is 0.377 e. The Morgan fingerprint density at radius 3 is 1.06 bits per heavy atom. The van der Waals surface area contributed by atoms with E-state index in [1.54, 1.807) is 0 Å². The average molecular weight is 485 g/mol. The zero-order valence-electron chi connectivity index (χ0n) is 22.8. The summed E-state index contributed by atoms with van der Waals surface area (Å²) in [6.07, 6.45) is 7.08. The Kier molecular flexibility index (Phi) is 11.1. The smallest absolute Gasteiger partial charge is 0.0840 e. The minimum absolute atomic E-state index is 0.124. The SMILES string of the molecule is CC(C)(C)[C@@H]1CC[C@@H]2OCCOCCO[C@@H]3C[C@H](C(C)(C)C)CC[C@@H]3OCCOCCO[C@H]2C1. The third-order valence-corrected chi connectivity index (χ3v) is 8.15. The molecule has 3 rings (SSSR count). The van der Waals surface area contributed by atoms with Crippen molar-refractivity contribution >= 4 is 0 Å². The second-order valence-corrected chi connectivity index (χ2v) is 12.6. The molecule has 6 heteroatoms. The second-order valence-electron chi connectivity index (χ2n) is 12.6. The Balaban J connectivity index is 1.51. The van der Waals surface area contributed by atoms with Crippen LogP contribution in [0.1, 0.15) is 80.1 Å². The van der Waals surface area contributed by atoms with Gasteiger partial charge < -0.3 is 28.4 Å². The van der Waals surface area contributed by atoms with Crippen LogP contribution in [0.25, 0.3) is 0 Å². The average Bonchev–Trinajstić information content (AvgIpc) is 2.77. The fourth-order valence-corrected chi connectivity index (χ4v) is 5.75. The standard InChI is InChI=1S/C28H52O6/c1-27(2,3)21-7-9-23-25(19-21)33-17-13-29-12-16-32-24-10-8-22(28(4,5)6)20-26(24)34-18-14-30-11-15-31-23/h21-26H,7-20H2,1-6H3/t21-,22-,23+,24+,25-,26+/m1/s1. The first-order valence-corrected chi connectivity index (χ1v) is 13.8. The zero-order valence-corrected chi connectivity index (χ0v) is 22.8. The van der Waals surface area contributed by atoms with Crippen LogP contribution in [0.5, 0.6) is 0 Å². The van der Waals surface area contributed by atoms with Gasteiger partial charge in [0.15, 0.2) is 0 Å². The van der Waals surface area contributed by atoms with Gasteiger partial charge in [-0.3, -0.25) is 0 Å². The van der Waals surface area contributed by atoms with E-state index in [0.29, 0.717) is 75.5 Å². The van der Waals surface area contributed by atoms with Crippen molar-refractivity contribution in [2.75, 3.05) is 52.9 Å². The fourth-order valence-electron chi connectivity index (χ4n) is 5.75.